The summed E-state index contributed by atoms with van der Waals surface area (Å²) in [5.74, 6) is 0.434. The lowest BCUT2D eigenvalue weighted by Gasteiger charge is -2.35. The van der Waals surface area contributed by atoms with Gasteiger partial charge in [-0.05, 0) is 66.7 Å². The molecule has 44 heavy (non-hydrogen) atoms. The van der Waals surface area contributed by atoms with Crippen LogP contribution < -0.4 is 10.2 Å². The van der Waals surface area contributed by atoms with E-state index < -0.39 is 17.3 Å². The minimum absolute atomic E-state index is 0.0978. The molecule has 4 rings (SSSR count). The molecule has 1 aliphatic heterocycles. The third kappa shape index (κ3) is 9.52. The van der Waals surface area contributed by atoms with E-state index >= 15 is 0 Å². The largest absolute Gasteiger partial charge is 0.484 e. The summed E-state index contributed by atoms with van der Waals surface area (Å²) in [6.45, 7) is 14.5. The molecule has 0 atom stereocenters. The lowest BCUT2D eigenvalue weighted by molar-refractivity contribution is -0.135. The normalized spacial score (nSPS) is 14.1. The number of hydrazone groups is 1. The van der Waals surface area contributed by atoms with E-state index in [4.69, 9.17) is 19.2 Å². The second-order valence-corrected chi connectivity index (χ2v) is 14.3. The maximum absolute atomic E-state index is 12.8. The molecule has 0 radical (unpaired) electrons. The number of thiophene rings is 1. The highest BCUT2D eigenvalue weighted by molar-refractivity contribution is 7.16. The molecule has 1 aliphatic rings. The predicted molar refractivity (Wildman–Crippen MR) is 172 cm³/mol. The average molecular weight is 642 g/mol. The Morgan fingerprint density at radius 2 is 1.68 bits per heavy atom. The molecule has 3 heterocycles. The van der Waals surface area contributed by atoms with Gasteiger partial charge in [0.05, 0.1) is 11.9 Å². The maximum atomic E-state index is 12.8. The van der Waals surface area contributed by atoms with Gasteiger partial charge < -0.3 is 24.0 Å². The van der Waals surface area contributed by atoms with Crippen molar-refractivity contribution < 1.29 is 28.6 Å². The van der Waals surface area contributed by atoms with Crippen molar-refractivity contribution in [2.45, 2.75) is 59.7 Å². The molecule has 3 aromatic rings. The van der Waals surface area contributed by atoms with Crippen molar-refractivity contribution in [3.8, 4) is 27.6 Å². The molecule has 1 fully saturated rings. The van der Waals surface area contributed by atoms with Crippen LogP contribution in [0.25, 0.3) is 21.8 Å². The second kappa shape index (κ2) is 13.8. The molecular weight excluding hydrogens is 603 g/mol. The monoisotopic (exact) mass is 641 g/mol. The number of carbonyl (C=O) groups is 3. The van der Waals surface area contributed by atoms with E-state index in [0.717, 1.165) is 31.6 Å². The van der Waals surface area contributed by atoms with Gasteiger partial charge in [-0.3, -0.25) is 4.79 Å². The Balaban J connectivity index is 1.31. The van der Waals surface area contributed by atoms with E-state index in [9.17, 15) is 14.4 Å². The zero-order valence-corrected chi connectivity index (χ0v) is 27.8. The van der Waals surface area contributed by atoms with Crippen LogP contribution in [0.1, 0.15) is 51.3 Å². The van der Waals surface area contributed by atoms with E-state index in [-0.39, 0.29) is 18.6 Å². The smallest absolute Gasteiger partial charge is 0.428 e. The third-order valence-corrected chi connectivity index (χ3v) is 8.05. The average Bonchev–Trinajstić information content (AvgIpc) is 3.57. The van der Waals surface area contributed by atoms with Gasteiger partial charge in [-0.25, -0.2) is 20.0 Å². The van der Waals surface area contributed by atoms with Gasteiger partial charge in [-0.15, -0.1) is 22.7 Å². The van der Waals surface area contributed by atoms with Crippen LogP contribution in [0.3, 0.4) is 0 Å². The van der Waals surface area contributed by atoms with Crippen molar-refractivity contribution in [2.24, 2.45) is 5.10 Å². The van der Waals surface area contributed by atoms with Crippen molar-refractivity contribution >= 4 is 47.0 Å². The van der Waals surface area contributed by atoms with Crippen LogP contribution in [0, 0.1) is 6.92 Å². The fourth-order valence-electron chi connectivity index (χ4n) is 4.21. The Morgan fingerprint density at radius 3 is 2.36 bits per heavy atom. The van der Waals surface area contributed by atoms with Crippen molar-refractivity contribution in [3.63, 3.8) is 0 Å². The molecule has 13 heteroatoms. The van der Waals surface area contributed by atoms with Crippen molar-refractivity contribution in [1.29, 1.82) is 0 Å². The van der Waals surface area contributed by atoms with Gasteiger partial charge in [-0.2, -0.15) is 5.10 Å². The number of piperazine rings is 1. The molecule has 1 saturated heterocycles. The van der Waals surface area contributed by atoms with Crippen LogP contribution in [0.4, 0.5) is 9.59 Å². The highest BCUT2D eigenvalue weighted by atomic mass is 32.1. The number of rotatable bonds is 7. The van der Waals surface area contributed by atoms with Gasteiger partial charge in [0.25, 0.3) is 5.91 Å². The number of hydrogen-bond donors (Lipinski definition) is 1. The number of carbonyl (C=O) groups excluding carboxylic acids is 3. The SMILES string of the molecule is Cc1sc(C=NNC(=O)OC(C)(C)C)cc1-c1nc(-c2cccc(OCC(=O)N3CCN(C(=O)OC(C)(C)C)CC3)c2)cs1. The summed E-state index contributed by atoms with van der Waals surface area (Å²) < 4.78 is 16.5. The second-order valence-electron chi connectivity index (χ2n) is 12.2. The molecule has 1 aromatic carbocycles. The highest BCUT2D eigenvalue weighted by Gasteiger charge is 2.28. The topological polar surface area (TPSA) is 123 Å². The zero-order valence-electron chi connectivity index (χ0n) is 26.1. The molecule has 3 amide bonds. The van der Waals surface area contributed by atoms with E-state index in [0.29, 0.717) is 31.9 Å². The summed E-state index contributed by atoms with van der Waals surface area (Å²) in [7, 11) is 0. The fraction of sp³-hybridized carbons (Fsp3) is 0.452. The minimum atomic E-state index is -0.611. The summed E-state index contributed by atoms with van der Waals surface area (Å²) in [5, 5.41) is 6.85. The van der Waals surface area contributed by atoms with Crippen LogP contribution in [0.5, 0.6) is 5.75 Å². The number of benzene rings is 1. The van der Waals surface area contributed by atoms with Gasteiger partial charge in [0, 0.05) is 52.4 Å². The van der Waals surface area contributed by atoms with Crippen molar-refractivity contribution in [1.82, 2.24) is 20.2 Å². The lowest BCUT2D eigenvalue weighted by Crippen LogP contribution is -2.52. The van der Waals surface area contributed by atoms with Gasteiger partial charge >= 0.3 is 12.2 Å². The molecule has 11 nitrogen and oxygen atoms in total. The van der Waals surface area contributed by atoms with E-state index in [2.05, 4.69) is 10.5 Å². The Kier molecular flexibility index (Phi) is 10.3. The van der Waals surface area contributed by atoms with Gasteiger partial charge in [-0.1, -0.05) is 12.1 Å². The maximum Gasteiger partial charge on any atom is 0.428 e. The lowest BCUT2D eigenvalue weighted by atomic mass is 10.1. The number of aromatic nitrogens is 1. The minimum Gasteiger partial charge on any atom is -0.484 e. The summed E-state index contributed by atoms with van der Waals surface area (Å²) in [6.07, 6.45) is 0.613. The van der Waals surface area contributed by atoms with E-state index in [1.807, 2.05) is 63.4 Å². The number of nitrogens with one attached hydrogen (secondary N) is 1. The van der Waals surface area contributed by atoms with Crippen molar-refractivity contribution in [3.05, 3.63) is 45.5 Å². The first-order chi connectivity index (χ1) is 20.7. The Hall–Kier alpha value is -3.97. The molecule has 2 aromatic heterocycles. The molecule has 0 spiro atoms. The number of thiazole rings is 1. The fourth-order valence-corrected chi connectivity index (χ4v) is 6.08. The Morgan fingerprint density at radius 1 is 1.00 bits per heavy atom. The molecule has 0 saturated carbocycles. The van der Waals surface area contributed by atoms with Gasteiger partial charge in [0.2, 0.25) is 0 Å². The molecule has 0 aliphatic carbocycles. The summed E-state index contributed by atoms with van der Waals surface area (Å²) in [6, 6.07) is 9.49. The number of aryl methyl sites for hydroxylation is 1. The number of hydrogen-bond acceptors (Lipinski definition) is 10. The standard InChI is InChI=1S/C31H39N5O6S2/c1-20-24(16-23(44-20)17-32-34-28(38)41-30(2,3)4)27-33-25(19-43-27)21-9-8-10-22(15-21)40-18-26(37)35-11-13-36(14-12-35)29(39)42-31(5,6)7/h8-10,15-17,19H,11-14,18H2,1-7H3,(H,34,38). The first-order valence-electron chi connectivity index (χ1n) is 14.2. The van der Waals surface area contributed by atoms with Gasteiger partial charge in [0.15, 0.2) is 6.61 Å². The quantitative estimate of drug-likeness (QED) is 0.242. The molecule has 0 unspecified atom stereocenters. The van der Waals surface area contributed by atoms with Crippen LogP contribution in [-0.4, -0.2) is 83.1 Å². The molecule has 236 valence electrons. The van der Waals surface area contributed by atoms with Crippen LogP contribution in [-0.2, 0) is 14.3 Å². The number of ether oxygens (including phenoxy) is 3. The third-order valence-electron chi connectivity index (χ3n) is 6.19. The van der Waals surface area contributed by atoms with E-state index in [1.165, 1.54) is 11.3 Å². The Labute approximate surface area is 265 Å². The summed E-state index contributed by atoms with van der Waals surface area (Å²) in [4.78, 5) is 47.0. The molecule has 0 bridgehead atoms. The molecule has 1 N–H and O–H groups in total. The van der Waals surface area contributed by atoms with Crippen LogP contribution in [0.15, 0.2) is 40.8 Å². The Bertz CT molecular complexity index is 1510. The number of nitrogens with zero attached hydrogens (tertiary/aromatic N) is 4. The van der Waals surface area contributed by atoms with Gasteiger partial charge in [0.1, 0.15) is 22.0 Å². The highest BCUT2D eigenvalue weighted by Crippen LogP contribution is 2.35. The molecular formula is C31H39N5O6S2. The predicted octanol–water partition coefficient (Wildman–Crippen LogP) is 6.16. The van der Waals surface area contributed by atoms with Crippen LogP contribution >= 0.6 is 22.7 Å². The first kappa shape index (κ1) is 32.9. The van der Waals surface area contributed by atoms with Crippen molar-refractivity contribution in [2.75, 3.05) is 32.8 Å². The van der Waals surface area contributed by atoms with Crippen LogP contribution in [0.2, 0.25) is 0 Å². The zero-order chi connectivity index (χ0) is 32.1. The van der Waals surface area contributed by atoms with E-state index in [1.54, 1.807) is 48.1 Å². The summed E-state index contributed by atoms with van der Waals surface area (Å²) in [5.41, 5.74) is 3.90. The first-order valence-corrected chi connectivity index (χ1v) is 15.9. The number of amides is 3. The summed E-state index contributed by atoms with van der Waals surface area (Å²) >= 11 is 3.08.